The smallest absolute Gasteiger partial charge is 0.0430 e. The second kappa shape index (κ2) is 129. The first kappa shape index (κ1) is 49.8. The van der Waals surface area contributed by atoms with E-state index in [0.717, 1.165) is 12.8 Å². The molecule has 0 aliphatic heterocycles. The van der Waals surface area contributed by atoms with Crippen LogP contribution in [0.4, 0.5) is 0 Å². The first-order valence-corrected chi connectivity index (χ1v) is 8.16. The van der Waals surface area contributed by atoms with Crippen molar-refractivity contribution in [3.05, 3.63) is 0 Å². The summed E-state index contributed by atoms with van der Waals surface area (Å²) in [7, 11) is 0. The average molecular weight is 439 g/mol. The summed E-state index contributed by atoms with van der Waals surface area (Å²) in [6, 6.07) is 0. The van der Waals surface area contributed by atoms with Crippen LogP contribution in [0, 0.1) is 0 Å². The summed E-state index contributed by atoms with van der Waals surface area (Å²) in [6.07, 6.45) is 2.04. The van der Waals surface area contributed by atoms with Crippen LogP contribution in [-0.2, 0) is 32.7 Å². The Morgan fingerprint density at radius 2 is 0.542 bits per heavy atom. The predicted octanol–water partition coefficient (Wildman–Crippen LogP) is 0.768. The zero-order valence-corrected chi connectivity index (χ0v) is 19.9. The van der Waals surface area contributed by atoms with Gasteiger partial charge in [0.15, 0.2) is 0 Å². The molecule has 24 heavy (non-hydrogen) atoms. The Morgan fingerprint density at radius 3 is 0.542 bits per heavy atom. The van der Waals surface area contributed by atoms with Crippen molar-refractivity contribution in [2.45, 2.75) is 61.3 Å². The molecule has 0 unspecified atom stereocenters. The van der Waals surface area contributed by atoms with E-state index in [4.69, 9.17) is 35.7 Å². The minimum atomic E-state index is 0. The van der Waals surface area contributed by atoms with Crippen LogP contribution in [0.15, 0.2) is 0 Å². The maximum Gasteiger partial charge on any atom is 0.0430 e. The first-order chi connectivity index (χ1) is 10.9. The van der Waals surface area contributed by atoms with Gasteiger partial charge in [-0.15, -0.1) is 0 Å². The molecule has 0 amide bonds. The van der Waals surface area contributed by atoms with Gasteiger partial charge in [-0.05, 0) is 48.0 Å². The largest absolute Gasteiger partial charge is 0.397 e. The number of aliphatic hydroxyl groups is 7. The molecule has 0 aliphatic rings. The number of unbranched alkanes of at least 4 members (excludes halogenated alkanes) is 1. The fourth-order valence-corrected chi connectivity index (χ4v) is 0.158. The van der Waals surface area contributed by atoms with Gasteiger partial charge < -0.3 is 35.7 Å². The molecule has 0 spiro atoms. The van der Waals surface area contributed by atoms with Crippen molar-refractivity contribution in [2.75, 3.05) is 46.2 Å². The molecule has 0 bridgehead atoms. The van der Waals surface area contributed by atoms with Gasteiger partial charge in [-0.3, -0.25) is 0 Å². The van der Waals surface area contributed by atoms with Gasteiger partial charge >= 0.3 is 0 Å². The Balaban J connectivity index is -0.0000000209. The van der Waals surface area contributed by atoms with Crippen LogP contribution in [0.25, 0.3) is 0 Å². The maximum absolute atomic E-state index is 8.07. The Labute approximate surface area is 175 Å². The predicted molar refractivity (Wildman–Crippen MR) is 98.6 cm³/mol. The van der Waals surface area contributed by atoms with Gasteiger partial charge in [0.25, 0.3) is 0 Å². The number of hydrogen-bond donors (Lipinski definition) is 7. The molecule has 0 aromatic carbocycles. The Kier molecular flexibility index (Phi) is 267. The van der Waals surface area contributed by atoms with Crippen LogP contribution in [-0.4, -0.2) is 82.0 Å². The Bertz CT molecular complexity index is 65.9. The zero-order chi connectivity index (χ0) is 20.4. The third kappa shape index (κ3) is 1360. The van der Waals surface area contributed by atoms with Crippen LogP contribution < -0.4 is 0 Å². The van der Waals surface area contributed by atoms with E-state index in [1.54, 1.807) is 41.5 Å². The van der Waals surface area contributed by atoms with Crippen molar-refractivity contribution < 1.29 is 68.5 Å². The van der Waals surface area contributed by atoms with E-state index in [2.05, 4.69) is 6.92 Å². The summed E-state index contributed by atoms with van der Waals surface area (Å²) < 4.78 is 0. The molecule has 0 fully saturated rings. The molecule has 8 heteroatoms. The third-order valence-electron chi connectivity index (χ3n) is 0.512. The van der Waals surface area contributed by atoms with Crippen LogP contribution in [0.3, 0.4) is 0 Å². The fourth-order valence-electron chi connectivity index (χ4n) is 0.158. The summed E-state index contributed by atoms with van der Waals surface area (Å²) in [5.41, 5.74) is 0. The normalized spacial score (nSPS) is 6.25. The van der Waals surface area contributed by atoms with Gasteiger partial charge in [0.2, 0.25) is 0 Å². The number of hydrogen-bond acceptors (Lipinski definition) is 7. The molecule has 0 saturated heterocycles. The second-order valence-electron chi connectivity index (χ2n) is 2.97. The molecule has 0 aromatic heterocycles. The van der Waals surface area contributed by atoms with Crippen molar-refractivity contribution in [1.82, 2.24) is 0 Å². The number of rotatable bonds is 2. The van der Waals surface area contributed by atoms with Crippen molar-refractivity contribution in [3.63, 3.8) is 0 Å². The van der Waals surface area contributed by atoms with E-state index < -0.39 is 0 Å². The molecule has 1 radical (unpaired) electrons. The van der Waals surface area contributed by atoms with Gasteiger partial charge in [0.05, 0.1) is 0 Å². The second-order valence-corrected chi connectivity index (χ2v) is 2.97. The molecule has 7 N–H and O–H groups in total. The minimum Gasteiger partial charge on any atom is -0.397 e. The van der Waals surface area contributed by atoms with Crippen molar-refractivity contribution in [2.24, 2.45) is 0 Å². The van der Waals surface area contributed by atoms with Crippen molar-refractivity contribution in [3.8, 4) is 0 Å². The molecular weight excluding hydrogens is 393 g/mol. The molecule has 0 atom stereocenters. The summed E-state index contributed by atoms with van der Waals surface area (Å²) in [5, 5.41) is 53.5. The van der Waals surface area contributed by atoms with Gasteiger partial charge in [0.1, 0.15) is 0 Å². The van der Waals surface area contributed by atoms with Gasteiger partial charge in [0, 0.05) is 79.0 Å². The molecule has 0 rings (SSSR count). The van der Waals surface area contributed by atoms with Gasteiger partial charge in [-0.25, -0.2) is 0 Å². The molecule has 155 valence electrons. The standard InChI is InChI=1S/C4H10O.6C2H6O.Y/c1-2-3-4-5;6*1-2-3;/h5H,2-4H2,1H3;6*3H,2H2,1H3;. The summed E-state index contributed by atoms with van der Waals surface area (Å²) in [4.78, 5) is 0. The van der Waals surface area contributed by atoms with Gasteiger partial charge in [-0.2, -0.15) is 0 Å². The maximum atomic E-state index is 8.07. The van der Waals surface area contributed by atoms with Crippen molar-refractivity contribution in [1.29, 1.82) is 0 Å². The van der Waals surface area contributed by atoms with Crippen LogP contribution in [0.5, 0.6) is 0 Å². The Hall–Kier alpha value is 0.824. The average Bonchev–Trinajstić information content (AvgIpc) is 2.45. The van der Waals surface area contributed by atoms with E-state index in [0.29, 0.717) is 6.61 Å². The summed E-state index contributed by atoms with van der Waals surface area (Å²) >= 11 is 0. The third-order valence-corrected chi connectivity index (χ3v) is 0.512. The summed E-state index contributed by atoms with van der Waals surface area (Å²) in [5.74, 6) is 0. The van der Waals surface area contributed by atoms with E-state index in [1.165, 1.54) is 0 Å². The van der Waals surface area contributed by atoms with Crippen LogP contribution in [0.2, 0.25) is 0 Å². The summed E-state index contributed by atoms with van der Waals surface area (Å²) in [6.45, 7) is 14.0. The Morgan fingerprint density at radius 1 is 0.417 bits per heavy atom. The molecular formula is C16H46O7Y. The van der Waals surface area contributed by atoms with E-state index >= 15 is 0 Å². The SMILES string of the molecule is CCCCO.CCO.CCO.CCO.CCO.CCO.CCO.[Y]. The van der Waals surface area contributed by atoms with E-state index in [-0.39, 0.29) is 72.4 Å². The minimum absolute atomic E-state index is 0. The quantitative estimate of drug-likeness (QED) is 0.337. The monoisotopic (exact) mass is 439 g/mol. The molecule has 0 saturated carbocycles. The molecule has 0 aliphatic carbocycles. The van der Waals surface area contributed by atoms with Crippen LogP contribution >= 0.6 is 0 Å². The topological polar surface area (TPSA) is 142 Å². The zero-order valence-electron chi connectivity index (χ0n) is 17.1. The van der Waals surface area contributed by atoms with E-state index in [9.17, 15) is 0 Å². The van der Waals surface area contributed by atoms with E-state index in [1.807, 2.05) is 0 Å². The number of aliphatic hydroxyl groups excluding tert-OH is 7. The molecule has 7 nitrogen and oxygen atoms in total. The first-order valence-electron chi connectivity index (χ1n) is 8.16. The van der Waals surface area contributed by atoms with Crippen LogP contribution in [0.1, 0.15) is 61.3 Å². The molecule has 0 heterocycles. The van der Waals surface area contributed by atoms with Gasteiger partial charge in [-0.1, -0.05) is 13.3 Å². The molecule has 0 aromatic rings. The fraction of sp³-hybridized carbons (Fsp3) is 1.00. The van der Waals surface area contributed by atoms with Crippen molar-refractivity contribution >= 4 is 0 Å².